The first-order valence-corrected chi connectivity index (χ1v) is 8.70. The van der Waals surface area contributed by atoms with Crippen molar-refractivity contribution in [3.8, 4) is 0 Å². The molecule has 1 amide bonds. The summed E-state index contributed by atoms with van der Waals surface area (Å²) in [6, 6.07) is 3.96. The average molecular weight is 336 g/mol. The molecule has 0 unspecified atom stereocenters. The van der Waals surface area contributed by atoms with Crippen molar-refractivity contribution in [1.82, 2.24) is 9.88 Å². The van der Waals surface area contributed by atoms with Crippen LogP contribution in [-0.2, 0) is 6.42 Å². The van der Waals surface area contributed by atoms with Crippen LogP contribution in [0.5, 0.6) is 0 Å². The molecule has 0 saturated carbocycles. The molecule has 0 bridgehead atoms. The molecular formula is C17H18F2N2OS. The molecule has 3 nitrogen and oxygen atoms in total. The van der Waals surface area contributed by atoms with Gasteiger partial charge in [-0.15, -0.1) is 11.3 Å². The summed E-state index contributed by atoms with van der Waals surface area (Å²) in [6.07, 6.45) is 2.94. The lowest BCUT2D eigenvalue weighted by molar-refractivity contribution is 0.0663. The molecule has 1 aromatic heterocycles. The van der Waals surface area contributed by atoms with Crippen molar-refractivity contribution in [2.45, 2.75) is 25.7 Å². The van der Waals surface area contributed by atoms with Gasteiger partial charge in [-0.3, -0.25) is 4.79 Å². The van der Waals surface area contributed by atoms with Crippen molar-refractivity contribution in [3.63, 3.8) is 0 Å². The minimum atomic E-state index is -0.490. The molecule has 1 aromatic carbocycles. The lowest BCUT2D eigenvalue weighted by atomic mass is 9.91. The summed E-state index contributed by atoms with van der Waals surface area (Å²) in [4.78, 5) is 18.2. The topological polar surface area (TPSA) is 33.2 Å². The van der Waals surface area contributed by atoms with Gasteiger partial charge in [0.1, 0.15) is 17.3 Å². The molecule has 0 aliphatic carbocycles. The maximum Gasteiger partial charge on any atom is 0.273 e. The first-order valence-electron chi connectivity index (χ1n) is 7.75. The van der Waals surface area contributed by atoms with Crippen LogP contribution in [0.2, 0.25) is 0 Å². The van der Waals surface area contributed by atoms with E-state index in [0.29, 0.717) is 25.1 Å². The normalized spacial score (nSPS) is 18.2. The van der Waals surface area contributed by atoms with Crippen molar-refractivity contribution >= 4 is 17.2 Å². The Balaban J connectivity index is 1.60. The molecule has 1 fully saturated rings. The van der Waals surface area contributed by atoms with Crippen molar-refractivity contribution < 1.29 is 13.6 Å². The Morgan fingerprint density at radius 2 is 2.13 bits per heavy atom. The number of halogens is 2. The van der Waals surface area contributed by atoms with E-state index in [-0.39, 0.29) is 17.4 Å². The maximum atomic E-state index is 13.7. The molecule has 0 spiro atoms. The number of hydrogen-bond donors (Lipinski definition) is 0. The standard InChI is InChI=1S/C17H18F2N2OS/c18-14-4-1-5-15(19)13(14)7-6-12-3-2-8-21(9-12)17(22)16-10-23-11-20-16/h1,4-5,10-12H,2-3,6-9H2/t12-/m0/s1. The molecule has 1 aliphatic heterocycles. The van der Waals surface area contributed by atoms with Gasteiger partial charge in [-0.25, -0.2) is 13.8 Å². The van der Waals surface area contributed by atoms with Gasteiger partial charge in [-0.1, -0.05) is 6.07 Å². The van der Waals surface area contributed by atoms with E-state index in [2.05, 4.69) is 4.98 Å². The lowest BCUT2D eigenvalue weighted by Crippen LogP contribution is -2.40. The third-order valence-electron chi connectivity index (χ3n) is 4.32. The highest BCUT2D eigenvalue weighted by molar-refractivity contribution is 7.07. The maximum absolute atomic E-state index is 13.7. The highest BCUT2D eigenvalue weighted by atomic mass is 32.1. The summed E-state index contributed by atoms with van der Waals surface area (Å²) < 4.78 is 27.4. The Bertz CT molecular complexity index is 655. The molecular weight excluding hydrogens is 318 g/mol. The smallest absolute Gasteiger partial charge is 0.273 e. The SMILES string of the molecule is O=C(c1cscn1)N1CCC[C@@H](CCc2c(F)cccc2F)C1. The number of rotatable bonds is 4. The second-order valence-corrected chi connectivity index (χ2v) is 6.59. The second kappa shape index (κ2) is 7.17. The Morgan fingerprint density at radius 1 is 1.35 bits per heavy atom. The average Bonchev–Trinajstić information content (AvgIpc) is 3.08. The molecule has 2 heterocycles. The van der Waals surface area contributed by atoms with Crippen LogP contribution in [0, 0.1) is 17.6 Å². The van der Waals surface area contributed by atoms with E-state index in [4.69, 9.17) is 0 Å². The molecule has 0 radical (unpaired) electrons. The summed E-state index contributed by atoms with van der Waals surface area (Å²) >= 11 is 1.40. The summed E-state index contributed by atoms with van der Waals surface area (Å²) in [5, 5.41) is 1.75. The van der Waals surface area contributed by atoms with Crippen LogP contribution in [-0.4, -0.2) is 28.9 Å². The van der Waals surface area contributed by atoms with Crippen LogP contribution in [0.25, 0.3) is 0 Å². The van der Waals surface area contributed by atoms with Gasteiger partial charge in [0.05, 0.1) is 5.51 Å². The second-order valence-electron chi connectivity index (χ2n) is 5.87. The summed E-state index contributed by atoms with van der Waals surface area (Å²) in [7, 11) is 0. The third-order valence-corrected chi connectivity index (χ3v) is 4.91. The van der Waals surface area contributed by atoms with E-state index < -0.39 is 11.6 Å². The molecule has 1 saturated heterocycles. The molecule has 23 heavy (non-hydrogen) atoms. The van der Waals surface area contributed by atoms with Crippen LogP contribution in [0.15, 0.2) is 29.1 Å². The zero-order valence-corrected chi connectivity index (χ0v) is 13.5. The number of aromatic nitrogens is 1. The Hall–Kier alpha value is -1.82. The van der Waals surface area contributed by atoms with E-state index in [1.165, 1.54) is 29.5 Å². The molecule has 1 atom stereocenters. The van der Waals surface area contributed by atoms with E-state index in [0.717, 1.165) is 19.4 Å². The van der Waals surface area contributed by atoms with Gasteiger partial charge < -0.3 is 4.90 Å². The largest absolute Gasteiger partial charge is 0.337 e. The number of benzene rings is 1. The number of piperidine rings is 1. The van der Waals surface area contributed by atoms with Crippen molar-refractivity contribution in [1.29, 1.82) is 0 Å². The van der Waals surface area contributed by atoms with Crippen LogP contribution < -0.4 is 0 Å². The van der Waals surface area contributed by atoms with Crippen molar-refractivity contribution in [2.75, 3.05) is 13.1 Å². The van der Waals surface area contributed by atoms with Gasteiger partial charge in [-0.2, -0.15) is 0 Å². The molecule has 122 valence electrons. The van der Waals surface area contributed by atoms with Crippen molar-refractivity contribution in [3.05, 3.63) is 52.0 Å². The first-order chi connectivity index (χ1) is 11.1. The van der Waals surface area contributed by atoms with Gasteiger partial charge in [0, 0.05) is 24.0 Å². The van der Waals surface area contributed by atoms with E-state index in [9.17, 15) is 13.6 Å². The van der Waals surface area contributed by atoms with Gasteiger partial charge >= 0.3 is 0 Å². The van der Waals surface area contributed by atoms with Crippen LogP contribution >= 0.6 is 11.3 Å². The Labute approximate surface area is 138 Å². The zero-order valence-electron chi connectivity index (χ0n) is 12.7. The summed E-state index contributed by atoms with van der Waals surface area (Å²) in [6.45, 7) is 1.35. The van der Waals surface area contributed by atoms with E-state index in [1.54, 1.807) is 15.8 Å². The number of thiazole rings is 1. The predicted octanol–water partition coefficient (Wildman–Crippen LogP) is 3.91. The fourth-order valence-corrected chi connectivity index (χ4v) is 3.61. The molecule has 2 aromatic rings. The number of nitrogens with zero attached hydrogens (tertiary/aromatic N) is 2. The molecule has 3 rings (SSSR count). The molecule has 0 N–H and O–H groups in total. The van der Waals surface area contributed by atoms with E-state index in [1.807, 2.05) is 0 Å². The van der Waals surface area contributed by atoms with Gasteiger partial charge in [0.25, 0.3) is 5.91 Å². The minimum absolute atomic E-state index is 0.0481. The summed E-state index contributed by atoms with van der Waals surface area (Å²) in [5.41, 5.74) is 2.28. The van der Waals surface area contributed by atoms with Gasteiger partial charge in [0.2, 0.25) is 0 Å². The highest BCUT2D eigenvalue weighted by Crippen LogP contribution is 2.24. The zero-order chi connectivity index (χ0) is 16.2. The van der Waals surface area contributed by atoms with Crippen LogP contribution in [0.1, 0.15) is 35.3 Å². The Morgan fingerprint density at radius 3 is 2.83 bits per heavy atom. The Kier molecular flexibility index (Phi) is 5.00. The number of hydrogen-bond acceptors (Lipinski definition) is 3. The van der Waals surface area contributed by atoms with E-state index >= 15 is 0 Å². The first kappa shape index (κ1) is 16.1. The monoisotopic (exact) mass is 336 g/mol. The number of carbonyl (C=O) groups excluding carboxylic acids is 1. The lowest BCUT2D eigenvalue weighted by Gasteiger charge is -2.32. The minimum Gasteiger partial charge on any atom is -0.337 e. The quantitative estimate of drug-likeness (QED) is 0.848. The number of likely N-dealkylation sites (tertiary alicyclic amines) is 1. The van der Waals surface area contributed by atoms with Gasteiger partial charge in [-0.05, 0) is 43.7 Å². The summed E-state index contributed by atoms with van der Waals surface area (Å²) in [5.74, 6) is -0.759. The number of amides is 1. The molecule has 6 heteroatoms. The molecule has 1 aliphatic rings. The van der Waals surface area contributed by atoms with Crippen LogP contribution in [0.4, 0.5) is 8.78 Å². The fraction of sp³-hybridized carbons (Fsp3) is 0.412. The van der Waals surface area contributed by atoms with Crippen molar-refractivity contribution in [2.24, 2.45) is 5.92 Å². The highest BCUT2D eigenvalue weighted by Gasteiger charge is 2.25. The predicted molar refractivity (Wildman–Crippen MR) is 85.4 cm³/mol. The number of carbonyl (C=O) groups is 1. The van der Waals surface area contributed by atoms with Gasteiger partial charge in [0.15, 0.2) is 0 Å². The van der Waals surface area contributed by atoms with Crippen LogP contribution in [0.3, 0.4) is 0 Å². The third kappa shape index (κ3) is 3.75. The fourth-order valence-electron chi connectivity index (χ4n) is 3.08.